The number of aromatic carboxylic acids is 1. The van der Waals surface area contributed by atoms with Gasteiger partial charge in [0.2, 0.25) is 11.8 Å². The van der Waals surface area contributed by atoms with Crippen molar-refractivity contribution in [1.29, 1.82) is 0 Å². The highest BCUT2D eigenvalue weighted by Gasteiger charge is 2.25. The van der Waals surface area contributed by atoms with Crippen LogP contribution in [0.25, 0.3) is 0 Å². The van der Waals surface area contributed by atoms with Crippen LogP contribution in [0.4, 0.5) is 21.5 Å². The monoisotopic (exact) mass is 456 g/mol. The predicted molar refractivity (Wildman–Crippen MR) is 125 cm³/mol. The molecule has 2 aromatic rings. The Hall–Kier alpha value is -3.46. The molecule has 0 aliphatic carbocycles. The molecule has 2 amide bonds. The molecular formula is C24H29FN4O4. The standard InChI is InChI=1S/C24H29FN4O4/c1-24(2,3)23(33)27-20-9-8-18(14-19(20)22(31)32)29-12-10-28(11-13-29)15-21(30)26-17-6-4-16(25)5-7-17/h4-9,14H,10-13,15H2,1-3H3,(H,26,30)(H,27,33)(H,31,32). The van der Waals surface area contributed by atoms with Gasteiger partial charge in [0.05, 0.1) is 17.8 Å². The topological polar surface area (TPSA) is 102 Å². The first kappa shape index (κ1) is 24.2. The van der Waals surface area contributed by atoms with Crippen molar-refractivity contribution >= 4 is 34.8 Å². The average Bonchev–Trinajstić information content (AvgIpc) is 2.75. The van der Waals surface area contributed by atoms with Crippen LogP contribution in [-0.2, 0) is 9.59 Å². The number of halogens is 1. The number of carboxylic acid groups (broad SMARTS) is 1. The summed E-state index contributed by atoms with van der Waals surface area (Å²) in [5, 5.41) is 15.1. The zero-order valence-electron chi connectivity index (χ0n) is 19.0. The van der Waals surface area contributed by atoms with Crippen LogP contribution in [0.5, 0.6) is 0 Å². The van der Waals surface area contributed by atoms with Crippen molar-refractivity contribution < 1.29 is 23.9 Å². The van der Waals surface area contributed by atoms with Gasteiger partial charge in [0.15, 0.2) is 0 Å². The highest BCUT2D eigenvalue weighted by molar-refractivity contribution is 6.02. The van der Waals surface area contributed by atoms with Crippen LogP contribution < -0.4 is 15.5 Å². The number of nitrogens with zero attached hydrogens (tertiary/aromatic N) is 2. The van der Waals surface area contributed by atoms with Gasteiger partial charge >= 0.3 is 5.97 Å². The number of carbonyl (C=O) groups is 3. The second kappa shape index (κ2) is 9.99. The highest BCUT2D eigenvalue weighted by Crippen LogP contribution is 2.26. The van der Waals surface area contributed by atoms with Crippen molar-refractivity contribution in [3.8, 4) is 0 Å². The molecule has 0 aromatic heterocycles. The number of benzene rings is 2. The van der Waals surface area contributed by atoms with E-state index in [0.29, 0.717) is 31.9 Å². The first-order chi connectivity index (χ1) is 15.5. The van der Waals surface area contributed by atoms with Gasteiger partial charge in [-0.25, -0.2) is 9.18 Å². The Morgan fingerprint density at radius 2 is 1.61 bits per heavy atom. The van der Waals surface area contributed by atoms with E-state index >= 15 is 0 Å². The van der Waals surface area contributed by atoms with Crippen molar-refractivity contribution in [1.82, 2.24) is 4.90 Å². The molecule has 1 aliphatic heterocycles. The Labute approximate surface area is 192 Å². The van der Waals surface area contributed by atoms with Crippen LogP contribution in [0.15, 0.2) is 42.5 Å². The first-order valence-electron chi connectivity index (χ1n) is 10.7. The molecule has 8 nitrogen and oxygen atoms in total. The number of nitrogens with one attached hydrogen (secondary N) is 2. The summed E-state index contributed by atoms with van der Waals surface area (Å²) in [7, 11) is 0. The number of hydrogen-bond acceptors (Lipinski definition) is 5. The smallest absolute Gasteiger partial charge is 0.337 e. The minimum atomic E-state index is -1.11. The summed E-state index contributed by atoms with van der Waals surface area (Å²) in [6.45, 7) is 7.99. The lowest BCUT2D eigenvalue weighted by Crippen LogP contribution is -2.48. The van der Waals surface area contributed by atoms with Gasteiger partial charge in [-0.05, 0) is 42.5 Å². The van der Waals surface area contributed by atoms with Crippen LogP contribution in [0.2, 0.25) is 0 Å². The third-order valence-corrected chi connectivity index (χ3v) is 5.40. The summed E-state index contributed by atoms with van der Waals surface area (Å²) in [5.74, 6) is -1.91. The maximum absolute atomic E-state index is 13.0. The molecule has 1 aliphatic rings. The molecule has 0 saturated carbocycles. The fourth-order valence-corrected chi connectivity index (χ4v) is 3.43. The fraction of sp³-hybridized carbons (Fsp3) is 0.375. The van der Waals surface area contributed by atoms with E-state index in [9.17, 15) is 23.9 Å². The average molecular weight is 457 g/mol. The van der Waals surface area contributed by atoms with Crippen molar-refractivity contribution in [2.24, 2.45) is 5.41 Å². The van der Waals surface area contributed by atoms with E-state index in [1.165, 1.54) is 24.3 Å². The Bertz CT molecular complexity index is 1030. The SMILES string of the molecule is CC(C)(C)C(=O)Nc1ccc(N2CCN(CC(=O)Nc3ccc(F)cc3)CC2)cc1C(=O)O. The minimum Gasteiger partial charge on any atom is -0.478 e. The maximum Gasteiger partial charge on any atom is 0.337 e. The highest BCUT2D eigenvalue weighted by atomic mass is 19.1. The molecule has 9 heteroatoms. The van der Waals surface area contributed by atoms with E-state index in [2.05, 4.69) is 15.5 Å². The lowest BCUT2D eigenvalue weighted by molar-refractivity contribution is -0.123. The summed E-state index contributed by atoms with van der Waals surface area (Å²) < 4.78 is 13.0. The summed E-state index contributed by atoms with van der Waals surface area (Å²) in [6, 6.07) is 10.6. The predicted octanol–water partition coefficient (Wildman–Crippen LogP) is 3.27. The number of anilines is 3. The number of carbonyl (C=O) groups excluding carboxylic acids is 2. The third-order valence-electron chi connectivity index (χ3n) is 5.40. The van der Waals surface area contributed by atoms with E-state index in [4.69, 9.17) is 0 Å². The summed E-state index contributed by atoms with van der Waals surface area (Å²) in [4.78, 5) is 40.4. The second-order valence-corrected chi connectivity index (χ2v) is 9.06. The molecule has 3 N–H and O–H groups in total. The lowest BCUT2D eigenvalue weighted by Gasteiger charge is -2.36. The van der Waals surface area contributed by atoms with Gasteiger partial charge in [0, 0.05) is 43.0 Å². The normalized spacial score (nSPS) is 14.6. The van der Waals surface area contributed by atoms with Crippen LogP contribution in [0.1, 0.15) is 31.1 Å². The van der Waals surface area contributed by atoms with Crippen LogP contribution in [0, 0.1) is 11.2 Å². The van der Waals surface area contributed by atoms with Crippen LogP contribution in [-0.4, -0.2) is 60.5 Å². The Kier molecular flexibility index (Phi) is 7.33. The molecule has 2 aromatic carbocycles. The van der Waals surface area contributed by atoms with E-state index in [0.717, 1.165) is 5.69 Å². The summed E-state index contributed by atoms with van der Waals surface area (Å²) in [6.07, 6.45) is 0. The summed E-state index contributed by atoms with van der Waals surface area (Å²) in [5.41, 5.74) is 0.943. The van der Waals surface area contributed by atoms with Gasteiger partial charge in [-0.15, -0.1) is 0 Å². The zero-order valence-corrected chi connectivity index (χ0v) is 19.0. The van der Waals surface area contributed by atoms with Crippen molar-refractivity contribution in [2.75, 3.05) is 48.3 Å². The summed E-state index contributed by atoms with van der Waals surface area (Å²) >= 11 is 0. The number of hydrogen-bond donors (Lipinski definition) is 3. The first-order valence-corrected chi connectivity index (χ1v) is 10.7. The minimum absolute atomic E-state index is 0.0335. The van der Waals surface area contributed by atoms with Gasteiger partial charge in [0.1, 0.15) is 5.82 Å². The number of piperazine rings is 1. The molecule has 0 radical (unpaired) electrons. The largest absolute Gasteiger partial charge is 0.478 e. The molecule has 0 spiro atoms. The molecule has 0 atom stereocenters. The molecule has 176 valence electrons. The second-order valence-electron chi connectivity index (χ2n) is 9.06. The van der Waals surface area contributed by atoms with E-state index < -0.39 is 11.4 Å². The van der Waals surface area contributed by atoms with Crippen molar-refractivity contribution in [3.63, 3.8) is 0 Å². The van der Waals surface area contributed by atoms with E-state index in [1.807, 2.05) is 4.90 Å². The van der Waals surface area contributed by atoms with E-state index in [1.54, 1.807) is 39.0 Å². The fourth-order valence-electron chi connectivity index (χ4n) is 3.43. The molecule has 33 heavy (non-hydrogen) atoms. The maximum atomic E-state index is 13.0. The van der Waals surface area contributed by atoms with Crippen molar-refractivity contribution in [3.05, 3.63) is 53.8 Å². The zero-order chi connectivity index (χ0) is 24.2. The van der Waals surface area contributed by atoms with Gasteiger partial charge in [-0.3, -0.25) is 14.5 Å². The molecular weight excluding hydrogens is 427 g/mol. The molecule has 0 bridgehead atoms. The Morgan fingerprint density at radius 3 is 2.18 bits per heavy atom. The third kappa shape index (κ3) is 6.52. The number of carboxylic acids is 1. The van der Waals surface area contributed by atoms with Gasteiger partial charge in [0.25, 0.3) is 0 Å². The van der Waals surface area contributed by atoms with Crippen LogP contribution >= 0.6 is 0 Å². The van der Waals surface area contributed by atoms with Gasteiger partial charge < -0.3 is 20.6 Å². The Morgan fingerprint density at radius 1 is 0.970 bits per heavy atom. The molecule has 1 saturated heterocycles. The molecule has 3 rings (SSSR count). The van der Waals surface area contributed by atoms with Crippen LogP contribution in [0.3, 0.4) is 0 Å². The lowest BCUT2D eigenvalue weighted by atomic mass is 9.95. The quantitative estimate of drug-likeness (QED) is 0.617. The van der Waals surface area contributed by atoms with Gasteiger partial charge in [-0.1, -0.05) is 20.8 Å². The Balaban J connectivity index is 1.59. The molecule has 0 unspecified atom stereocenters. The number of amides is 2. The molecule has 1 fully saturated rings. The van der Waals surface area contributed by atoms with Crippen molar-refractivity contribution in [2.45, 2.75) is 20.8 Å². The van der Waals surface area contributed by atoms with Gasteiger partial charge in [-0.2, -0.15) is 0 Å². The van der Waals surface area contributed by atoms with E-state index in [-0.39, 0.29) is 35.4 Å². The molecule has 1 heterocycles. The number of rotatable bonds is 6.